The van der Waals surface area contributed by atoms with Crippen LogP contribution in [0.15, 0.2) is 0 Å². The topological polar surface area (TPSA) is 0 Å². The van der Waals surface area contributed by atoms with Gasteiger partial charge in [0.25, 0.3) is 0 Å². The second-order valence-corrected chi connectivity index (χ2v) is 10.5. The molecule has 0 amide bonds. The first-order chi connectivity index (χ1) is 4.88. The van der Waals surface area contributed by atoms with E-state index in [0.29, 0.717) is 15.8 Å². The molecule has 0 aromatic heterocycles. The Hall–Kier alpha value is 2.10. The molecular formula is C6H18Cl2P2Pd. The van der Waals surface area contributed by atoms with Crippen LogP contribution in [0.2, 0.25) is 0 Å². The second kappa shape index (κ2) is 18.0. The number of halogens is 2. The Labute approximate surface area is 90.4 Å². The van der Waals surface area contributed by atoms with E-state index in [1.165, 1.54) is 0 Å². The zero-order valence-electron chi connectivity index (χ0n) is 7.97. The molecule has 0 rings (SSSR count). The molecule has 76 valence electrons. The average Bonchev–Trinajstić information content (AvgIpc) is 1.60. The number of hydrogen-bond acceptors (Lipinski definition) is 0. The standard InChI is InChI=1S/2C3H9P.2ClH.Pd/c2*1-4(2)3;;;/h2*1-3H3;2*1H;/q;;;;+2/p-2. The Bertz CT molecular complexity index is 42.3. The third-order valence-corrected chi connectivity index (χ3v) is 0. The van der Waals surface area contributed by atoms with Gasteiger partial charge in [0.15, 0.2) is 0 Å². The third kappa shape index (κ3) is 279. The molecule has 0 radical (unpaired) electrons. The monoisotopic (exact) mass is 328 g/mol. The van der Waals surface area contributed by atoms with Crippen molar-refractivity contribution in [3.8, 4) is 0 Å². The molecule has 0 bridgehead atoms. The van der Waals surface area contributed by atoms with Gasteiger partial charge in [-0.3, -0.25) is 0 Å². The fraction of sp³-hybridized carbons (Fsp3) is 1.00. The van der Waals surface area contributed by atoms with Gasteiger partial charge in [0.05, 0.1) is 0 Å². The van der Waals surface area contributed by atoms with Gasteiger partial charge in [0.2, 0.25) is 0 Å². The number of rotatable bonds is 0. The Morgan fingerprint density at radius 2 is 0.727 bits per heavy atom. The van der Waals surface area contributed by atoms with Gasteiger partial charge in [0.1, 0.15) is 0 Å². The normalized spacial score (nSPS) is 8.55. The van der Waals surface area contributed by atoms with E-state index in [4.69, 9.17) is 19.1 Å². The zero-order chi connectivity index (χ0) is 9.86. The van der Waals surface area contributed by atoms with Crippen LogP contribution in [0, 0.1) is 0 Å². The molecule has 0 aliphatic carbocycles. The molecule has 0 saturated heterocycles. The molecule has 0 N–H and O–H groups in total. The maximum absolute atomic E-state index is 4.81. The molecule has 0 nitrogen and oxygen atoms in total. The van der Waals surface area contributed by atoms with E-state index >= 15 is 0 Å². The summed E-state index contributed by atoms with van der Waals surface area (Å²) in [4.78, 5) is 0. The van der Waals surface area contributed by atoms with Crippen LogP contribution >= 0.6 is 34.9 Å². The van der Waals surface area contributed by atoms with Gasteiger partial charge < -0.3 is 0 Å². The van der Waals surface area contributed by atoms with Crippen molar-refractivity contribution < 1.29 is 15.9 Å². The third-order valence-electron chi connectivity index (χ3n) is 0. The molecule has 0 fully saturated rings. The molecule has 5 heteroatoms. The van der Waals surface area contributed by atoms with Crippen molar-refractivity contribution in [2.24, 2.45) is 0 Å². The maximum atomic E-state index is 4.81. The van der Waals surface area contributed by atoms with Crippen molar-refractivity contribution in [3.63, 3.8) is 0 Å². The van der Waals surface area contributed by atoms with Crippen molar-refractivity contribution in [2.75, 3.05) is 40.0 Å². The van der Waals surface area contributed by atoms with Crippen LogP contribution in [0.25, 0.3) is 0 Å². The fourth-order valence-corrected chi connectivity index (χ4v) is 0. The van der Waals surface area contributed by atoms with Crippen molar-refractivity contribution in [3.05, 3.63) is 0 Å². The van der Waals surface area contributed by atoms with Crippen LogP contribution in [-0.4, -0.2) is 40.0 Å². The molecule has 0 saturated carbocycles. The van der Waals surface area contributed by atoms with Gasteiger partial charge in [0, 0.05) is 0 Å². The first-order valence-electron chi connectivity index (χ1n) is 2.92. The van der Waals surface area contributed by atoms with E-state index in [-0.39, 0.29) is 15.9 Å². The quantitative estimate of drug-likeness (QED) is 0.464. The summed E-state index contributed by atoms with van der Waals surface area (Å²) in [7, 11) is 10.4. The van der Waals surface area contributed by atoms with Crippen LogP contribution in [-0.2, 0) is 15.9 Å². The van der Waals surface area contributed by atoms with Crippen LogP contribution in [0.1, 0.15) is 0 Å². The molecular weight excluding hydrogens is 311 g/mol. The summed E-state index contributed by atoms with van der Waals surface area (Å²) in [5, 5.41) is 0. The minimum atomic E-state index is -0.106. The van der Waals surface area contributed by atoms with Crippen LogP contribution in [0.4, 0.5) is 0 Å². The molecule has 0 heterocycles. The Balaban J connectivity index is -0.0000000886. The van der Waals surface area contributed by atoms with E-state index in [9.17, 15) is 0 Å². The van der Waals surface area contributed by atoms with Crippen molar-refractivity contribution in [1.82, 2.24) is 0 Å². The van der Waals surface area contributed by atoms with Gasteiger partial charge in [-0.1, -0.05) is 0 Å². The summed E-state index contributed by atoms with van der Waals surface area (Å²) in [6.07, 6.45) is 0. The van der Waals surface area contributed by atoms with Crippen LogP contribution in [0.5, 0.6) is 0 Å². The summed E-state index contributed by atoms with van der Waals surface area (Å²) in [6.45, 7) is 13.4. The molecule has 0 aromatic carbocycles. The predicted molar refractivity (Wildman–Crippen MR) is 61.1 cm³/mol. The van der Waals surface area contributed by atoms with Gasteiger partial charge in [-0.2, -0.15) is 0 Å². The molecule has 0 unspecified atom stereocenters. The molecule has 0 aliphatic heterocycles. The van der Waals surface area contributed by atoms with Crippen LogP contribution in [0.3, 0.4) is 0 Å². The molecule has 0 atom stereocenters. The Kier molecular flexibility index (Phi) is 30.8. The number of hydrogen-bond donors (Lipinski definition) is 0. The van der Waals surface area contributed by atoms with Crippen molar-refractivity contribution in [2.45, 2.75) is 0 Å². The summed E-state index contributed by atoms with van der Waals surface area (Å²) < 4.78 is 0. The summed E-state index contributed by atoms with van der Waals surface area (Å²) in [6, 6.07) is 0. The first kappa shape index (κ1) is 18.8. The van der Waals surface area contributed by atoms with Crippen molar-refractivity contribution >= 4 is 34.9 Å². The van der Waals surface area contributed by atoms with Gasteiger partial charge in [-0.05, 0) is 40.0 Å². The van der Waals surface area contributed by atoms with E-state index < -0.39 is 0 Å². The molecule has 0 aromatic rings. The zero-order valence-corrected chi connectivity index (χ0v) is 12.8. The van der Waals surface area contributed by atoms with E-state index in [2.05, 4.69) is 40.0 Å². The molecule has 0 spiro atoms. The Morgan fingerprint density at radius 3 is 0.727 bits per heavy atom. The van der Waals surface area contributed by atoms with E-state index in [1.54, 1.807) is 0 Å². The van der Waals surface area contributed by atoms with Crippen molar-refractivity contribution in [1.29, 1.82) is 0 Å². The predicted octanol–water partition coefficient (Wildman–Crippen LogP) is 4.09. The molecule has 0 aliphatic rings. The summed E-state index contributed by atoms with van der Waals surface area (Å²) in [5.41, 5.74) is 0. The first-order valence-corrected chi connectivity index (χ1v) is 12.3. The van der Waals surface area contributed by atoms with Gasteiger partial charge >= 0.3 is 35.0 Å². The summed E-state index contributed by atoms with van der Waals surface area (Å²) in [5.74, 6) is 0. The van der Waals surface area contributed by atoms with E-state index in [1.807, 2.05) is 0 Å². The molecule has 11 heavy (non-hydrogen) atoms. The van der Waals surface area contributed by atoms with Gasteiger partial charge in [-0.25, -0.2) is 0 Å². The van der Waals surface area contributed by atoms with Gasteiger partial charge in [-0.15, -0.1) is 15.8 Å². The van der Waals surface area contributed by atoms with Crippen LogP contribution < -0.4 is 0 Å². The fourth-order valence-electron chi connectivity index (χ4n) is 0. The Morgan fingerprint density at radius 1 is 0.727 bits per heavy atom. The summed E-state index contributed by atoms with van der Waals surface area (Å²) >= 11 is -0.106. The van der Waals surface area contributed by atoms with E-state index in [0.717, 1.165) is 0 Å². The SMILES string of the molecule is CP(C)C.CP(C)C.[Cl][Pd][Cl]. The second-order valence-electron chi connectivity index (χ2n) is 2.73. The average molecular weight is 329 g/mol. The minimum absolute atomic E-state index is 0.106.